The average molecular weight is 1660 g/mol. The molecule has 0 spiro atoms. The van der Waals surface area contributed by atoms with Gasteiger partial charge in [-0.15, -0.1) is 29.9 Å². The molecule has 2 aliphatic heterocycles. The number of anilines is 2. The van der Waals surface area contributed by atoms with Crippen LogP contribution in [0.25, 0.3) is 43.4 Å². The minimum Gasteiger partial charge on any atom is -0.497 e. The Kier molecular flexibility index (Phi) is 24.4. The number of Topliss-reactive ketones (excluding diaryl/α,β-unsaturated/α-hetero) is 2. The first-order chi connectivity index (χ1) is 56.0. The van der Waals surface area contributed by atoms with E-state index >= 15 is 0 Å². The zero-order valence-corrected chi connectivity index (χ0v) is 68.5. The van der Waals surface area contributed by atoms with Crippen molar-refractivity contribution in [3.05, 3.63) is 365 Å². The maximum absolute atomic E-state index is 14.5. The molecule has 2 aliphatic carbocycles. The number of benzene rings is 10. The van der Waals surface area contributed by atoms with Crippen molar-refractivity contribution < 1.29 is 51.9 Å². The zero-order valence-electron chi connectivity index (χ0n) is 62.8. The highest BCUT2D eigenvalue weighted by molar-refractivity contribution is 9.10. The van der Waals surface area contributed by atoms with Crippen LogP contribution in [0.4, 0.5) is 11.4 Å². The summed E-state index contributed by atoms with van der Waals surface area (Å²) in [6, 6.07) is 83.3. The fourth-order valence-corrected chi connectivity index (χ4v) is 22.0. The van der Waals surface area contributed by atoms with Crippen LogP contribution >= 0.6 is 70.0 Å². The van der Waals surface area contributed by atoms with Crippen molar-refractivity contribution in [3.8, 4) is 35.3 Å². The molecular formula is C95H80BrN4O9PS4+2. The number of carbonyl (C=O) groups is 2. The highest BCUT2D eigenvalue weighted by Gasteiger charge is 2.40. The number of thioether (sulfide) groups is 2. The second kappa shape index (κ2) is 36.1. The van der Waals surface area contributed by atoms with Crippen molar-refractivity contribution in [2.24, 2.45) is 0 Å². The number of hydrogen-bond donors (Lipinski definition) is 1. The molecule has 0 unspecified atom stereocenters. The van der Waals surface area contributed by atoms with Gasteiger partial charge in [0.1, 0.15) is 34.1 Å². The SMILES string of the molecule is C#CCSC1=C(/C=C2/Oc3cc(OCc4ccccc4)ccc3N2Cc2ccc3ccccc3c2)C(=O)/C1=C/c1sc2cc(OC)ccc2[n+]1Cc1ccoc1.Cc1ccc2c(c1)O/C(=C/C1=C(SCCP(Cc3ccccc3)Cc3ccccc3)C(=C\c3sc4cc(Br)ccc4[n+]3CCOCCO)/C1=O)N2Cc1ccccc1. The zero-order chi connectivity index (χ0) is 77.9. The molecule has 17 rings (SSSR count). The molecule has 0 amide bonds. The number of aromatic nitrogens is 2. The predicted octanol–water partition coefficient (Wildman–Crippen LogP) is 21.1. The molecule has 0 bridgehead atoms. The average Bonchev–Trinajstić information content (AvgIpc) is 1.45. The quantitative estimate of drug-likeness (QED) is 0.0157. The maximum Gasteiger partial charge on any atom is 0.263 e. The molecule has 0 saturated heterocycles. The highest BCUT2D eigenvalue weighted by Crippen LogP contribution is 2.51. The normalized spacial score (nSPS) is 15.1. The first kappa shape index (κ1) is 77.1. The number of ketones is 2. The number of halogens is 1. The molecule has 568 valence electrons. The van der Waals surface area contributed by atoms with Gasteiger partial charge >= 0.3 is 0 Å². The second-order valence-electron chi connectivity index (χ2n) is 27.7. The van der Waals surface area contributed by atoms with Gasteiger partial charge in [0.25, 0.3) is 10.0 Å². The molecule has 0 radical (unpaired) electrons. The van der Waals surface area contributed by atoms with Crippen LogP contribution in [0.15, 0.2) is 320 Å². The smallest absolute Gasteiger partial charge is 0.263 e. The number of methoxy groups -OCH3 is 1. The van der Waals surface area contributed by atoms with Gasteiger partial charge in [0, 0.05) is 90.9 Å². The Labute approximate surface area is 689 Å². The largest absolute Gasteiger partial charge is 0.497 e. The van der Waals surface area contributed by atoms with Crippen LogP contribution < -0.4 is 37.9 Å². The van der Waals surface area contributed by atoms with Crippen molar-refractivity contribution in [2.75, 3.05) is 54.4 Å². The van der Waals surface area contributed by atoms with E-state index in [2.05, 4.69) is 199 Å². The van der Waals surface area contributed by atoms with Crippen molar-refractivity contribution in [3.63, 3.8) is 0 Å². The van der Waals surface area contributed by atoms with Gasteiger partial charge in [0.15, 0.2) is 36.2 Å². The van der Waals surface area contributed by atoms with Crippen molar-refractivity contribution in [2.45, 2.75) is 52.0 Å². The van der Waals surface area contributed by atoms with Crippen LogP contribution in [-0.2, 0) is 59.4 Å². The number of aliphatic hydroxyl groups excluding tert-OH is 1. The number of thiazole rings is 2. The van der Waals surface area contributed by atoms with E-state index in [-0.39, 0.29) is 32.7 Å². The number of nitrogens with zero attached hydrogens (tertiary/aromatic N) is 4. The lowest BCUT2D eigenvalue weighted by molar-refractivity contribution is -0.670. The van der Waals surface area contributed by atoms with Gasteiger partial charge in [0.2, 0.25) is 22.8 Å². The molecular weight excluding hydrogens is 1580 g/mol. The number of aliphatic hydroxyl groups is 1. The van der Waals surface area contributed by atoms with E-state index in [1.807, 2.05) is 115 Å². The third-order valence-electron chi connectivity index (χ3n) is 19.9. The Morgan fingerprint density at radius 2 is 1.15 bits per heavy atom. The van der Waals surface area contributed by atoms with E-state index in [1.165, 1.54) is 28.3 Å². The Morgan fingerprint density at radius 3 is 1.80 bits per heavy atom. The summed E-state index contributed by atoms with van der Waals surface area (Å²) in [7, 11) is 1.30. The Hall–Kier alpha value is -10.8. The van der Waals surface area contributed by atoms with Crippen molar-refractivity contribution >= 4 is 136 Å². The number of allylic oxidation sites excluding steroid dienone is 6. The monoisotopic (exact) mass is 1660 g/mol. The summed E-state index contributed by atoms with van der Waals surface area (Å²) in [5.74, 6) is 8.12. The summed E-state index contributed by atoms with van der Waals surface area (Å²) in [6.45, 7) is 5.55. The Balaban J connectivity index is 0.000000172. The number of aryl methyl sites for hydroxylation is 1. The third kappa shape index (κ3) is 17.8. The number of ether oxygens (including phenoxy) is 5. The number of terminal acetylenes is 1. The lowest BCUT2D eigenvalue weighted by Gasteiger charge is -2.26. The molecule has 0 saturated carbocycles. The molecule has 4 aliphatic rings. The lowest BCUT2D eigenvalue weighted by atomic mass is 9.89. The summed E-state index contributed by atoms with van der Waals surface area (Å²) in [6.07, 6.45) is 20.2. The maximum atomic E-state index is 14.5. The van der Waals surface area contributed by atoms with E-state index in [0.717, 1.165) is 131 Å². The molecule has 13 aromatic rings. The van der Waals surface area contributed by atoms with Gasteiger partial charge in [-0.1, -0.05) is 216 Å². The van der Waals surface area contributed by atoms with Crippen molar-refractivity contribution in [1.29, 1.82) is 0 Å². The summed E-state index contributed by atoms with van der Waals surface area (Å²) < 4.78 is 43.6. The number of fused-ring (bicyclic) bond motifs is 5. The van der Waals surface area contributed by atoms with Crippen LogP contribution in [0.5, 0.6) is 23.0 Å². The molecule has 1 N–H and O–H groups in total. The molecule has 13 nitrogen and oxygen atoms in total. The van der Waals surface area contributed by atoms with Crippen LogP contribution in [0, 0.1) is 19.3 Å². The first-order valence-electron chi connectivity index (χ1n) is 37.6. The van der Waals surface area contributed by atoms with Crippen molar-refractivity contribution in [1.82, 2.24) is 0 Å². The fraction of sp³-hybridized carbons (Fsp3) is 0.158. The van der Waals surface area contributed by atoms with E-state index in [1.54, 1.807) is 54.1 Å². The Morgan fingerprint density at radius 1 is 0.570 bits per heavy atom. The van der Waals surface area contributed by atoms with Gasteiger partial charge in [-0.3, -0.25) is 9.59 Å². The molecule has 114 heavy (non-hydrogen) atoms. The minimum absolute atomic E-state index is 0.0166. The minimum atomic E-state index is -0.362. The van der Waals surface area contributed by atoms with Gasteiger partial charge in [-0.2, -0.15) is 9.13 Å². The number of rotatable bonds is 29. The molecule has 5 heterocycles. The summed E-state index contributed by atoms with van der Waals surface area (Å²) in [5.41, 5.74) is 14.8. The summed E-state index contributed by atoms with van der Waals surface area (Å²) >= 11 is 10.2. The number of hydrogen-bond acceptors (Lipinski definition) is 15. The van der Waals surface area contributed by atoms with E-state index in [0.29, 0.717) is 85.1 Å². The lowest BCUT2D eigenvalue weighted by Crippen LogP contribution is -2.38. The van der Waals surface area contributed by atoms with Gasteiger partial charge < -0.3 is 43.0 Å². The molecule has 0 atom stereocenters. The van der Waals surface area contributed by atoms with Gasteiger partial charge in [-0.25, -0.2) is 0 Å². The van der Waals surface area contributed by atoms with Gasteiger partial charge in [0.05, 0.1) is 68.6 Å². The molecule has 19 heteroatoms. The third-order valence-corrected chi connectivity index (χ3v) is 27.5. The molecule has 3 aromatic heterocycles. The van der Waals surface area contributed by atoms with Crippen LogP contribution in [0.1, 0.15) is 49.0 Å². The summed E-state index contributed by atoms with van der Waals surface area (Å²) in [5, 5.41) is 13.6. The predicted molar refractivity (Wildman–Crippen MR) is 468 cm³/mol. The first-order valence-corrected chi connectivity index (χ1v) is 43.9. The highest BCUT2D eigenvalue weighted by atomic mass is 79.9. The molecule has 10 aromatic carbocycles. The van der Waals surface area contributed by atoms with E-state index < -0.39 is 0 Å². The fourth-order valence-electron chi connectivity index (χ4n) is 14.2. The van der Waals surface area contributed by atoms with E-state index in [9.17, 15) is 14.7 Å². The number of carbonyl (C=O) groups excluding carboxylic acids is 2. The van der Waals surface area contributed by atoms with Gasteiger partial charge in [-0.05, 0) is 124 Å². The Bertz CT molecular complexity index is 5930. The summed E-state index contributed by atoms with van der Waals surface area (Å²) in [4.78, 5) is 34.9. The topological polar surface area (TPSA) is 128 Å². The van der Waals surface area contributed by atoms with Crippen LogP contribution in [0.2, 0.25) is 0 Å². The van der Waals surface area contributed by atoms with Crippen LogP contribution in [0.3, 0.4) is 0 Å². The van der Waals surface area contributed by atoms with E-state index in [4.69, 9.17) is 34.5 Å². The number of furan rings is 1. The molecule has 0 fully saturated rings. The standard InChI is InChI=1S/C48H45BrN2O4PS2.C47H35N2O5S2/c1-34-17-19-41-43(27-34)55-45(51(41)31-35-11-5-2-6-12-35)29-39-47(53)40(30-46-50(21-23-54-24-22-52)42-20-18-38(49)28-44(42)58-46)48(39)57-26-25-56(32-36-13-7-3-8-14-36)33-37-15-9-4-10-16-37;1-3-21-55-47-38(46(50)39(47)26-45-49(28-33-19-20-52-29-33)41-18-15-36(51-2)24-43(41)56-45)25-44-48(27-32-13-14-34-11-7-8-12-35(34)22-32)40-17-16-37(23-42(40)54-44)53-30-31-9-5-4-6-10-31/h2-20,27-30,52H,21-26,31-33H2,1H3;1,4-20,22-26,29H,21,27-28,30H2,2H3/q2*+1. The van der Waals surface area contributed by atoms with Crippen LogP contribution in [-0.4, -0.2) is 61.3 Å². The second-order valence-corrected chi connectivity index (χ2v) is 35.3.